The summed E-state index contributed by atoms with van der Waals surface area (Å²) in [4.78, 5) is 13.8. The Hall–Kier alpha value is -1.18. The molecule has 0 spiro atoms. The smallest absolute Gasteiger partial charge is 0.186 e. The van der Waals surface area contributed by atoms with E-state index in [0.717, 1.165) is 49.2 Å². The molecule has 2 aromatic rings. The van der Waals surface area contributed by atoms with Crippen molar-refractivity contribution in [2.24, 2.45) is 0 Å². The second kappa shape index (κ2) is 5.44. The van der Waals surface area contributed by atoms with Crippen LogP contribution in [0.2, 0.25) is 0 Å². The highest BCUT2D eigenvalue weighted by Gasteiger charge is 2.19. The predicted molar refractivity (Wildman–Crippen MR) is 82.0 cm³/mol. The molecule has 19 heavy (non-hydrogen) atoms. The summed E-state index contributed by atoms with van der Waals surface area (Å²) < 4.78 is 0. The van der Waals surface area contributed by atoms with Gasteiger partial charge in [0.2, 0.25) is 0 Å². The lowest BCUT2D eigenvalue weighted by molar-refractivity contribution is 0.271. The third-order valence-corrected chi connectivity index (χ3v) is 4.94. The number of hydrogen-bond acceptors (Lipinski definition) is 7. The molecule has 1 aliphatic rings. The van der Waals surface area contributed by atoms with E-state index in [1.165, 1.54) is 11.3 Å². The molecule has 1 fully saturated rings. The summed E-state index contributed by atoms with van der Waals surface area (Å²) in [6.45, 7) is 7.70. The van der Waals surface area contributed by atoms with Gasteiger partial charge >= 0.3 is 0 Å². The summed E-state index contributed by atoms with van der Waals surface area (Å²) in [7, 11) is 0. The first-order chi connectivity index (χ1) is 9.26. The lowest BCUT2D eigenvalue weighted by Gasteiger charge is -2.33. The summed E-state index contributed by atoms with van der Waals surface area (Å²) in [6, 6.07) is 0. The SMILES string of the molecule is CCN1CCN(c2nc(-c3csc(N)n3)cs2)CC1. The molecule has 2 N–H and O–H groups in total. The van der Waals surface area contributed by atoms with Gasteiger partial charge in [-0.25, -0.2) is 9.97 Å². The zero-order valence-corrected chi connectivity index (χ0v) is 12.5. The first kappa shape index (κ1) is 12.8. The van der Waals surface area contributed by atoms with Crippen molar-refractivity contribution in [1.29, 1.82) is 0 Å². The van der Waals surface area contributed by atoms with E-state index >= 15 is 0 Å². The van der Waals surface area contributed by atoms with Crippen LogP contribution >= 0.6 is 22.7 Å². The van der Waals surface area contributed by atoms with Crippen molar-refractivity contribution in [2.75, 3.05) is 43.4 Å². The molecule has 0 saturated carbocycles. The molecule has 0 amide bonds. The van der Waals surface area contributed by atoms with E-state index in [4.69, 9.17) is 5.73 Å². The highest BCUT2D eigenvalue weighted by Crippen LogP contribution is 2.29. The Morgan fingerprint density at radius 2 is 1.79 bits per heavy atom. The second-order valence-electron chi connectivity index (χ2n) is 4.51. The predicted octanol–water partition coefficient (Wildman–Crippen LogP) is 1.99. The summed E-state index contributed by atoms with van der Waals surface area (Å²) >= 11 is 3.15. The van der Waals surface area contributed by atoms with Crippen molar-refractivity contribution in [3.63, 3.8) is 0 Å². The fourth-order valence-corrected chi connectivity index (χ4v) is 3.62. The number of nitrogen functional groups attached to an aromatic ring is 1. The maximum absolute atomic E-state index is 5.66. The van der Waals surface area contributed by atoms with Gasteiger partial charge in [-0.3, -0.25) is 0 Å². The van der Waals surface area contributed by atoms with E-state index in [1.54, 1.807) is 11.3 Å². The fourth-order valence-electron chi connectivity index (χ4n) is 2.19. The summed E-state index contributed by atoms with van der Waals surface area (Å²) in [5.41, 5.74) is 7.49. The molecule has 3 rings (SSSR count). The molecule has 1 saturated heterocycles. The summed E-state index contributed by atoms with van der Waals surface area (Å²) in [5, 5.41) is 5.72. The van der Waals surface area contributed by atoms with E-state index < -0.39 is 0 Å². The molecule has 5 nitrogen and oxygen atoms in total. The van der Waals surface area contributed by atoms with Gasteiger partial charge in [0.15, 0.2) is 10.3 Å². The van der Waals surface area contributed by atoms with E-state index in [0.29, 0.717) is 5.13 Å². The zero-order chi connectivity index (χ0) is 13.2. The highest BCUT2D eigenvalue weighted by molar-refractivity contribution is 7.14. The van der Waals surface area contributed by atoms with Crippen molar-refractivity contribution in [3.8, 4) is 11.4 Å². The number of nitrogens with two attached hydrogens (primary N) is 1. The molecule has 0 aliphatic carbocycles. The van der Waals surface area contributed by atoms with Crippen molar-refractivity contribution in [1.82, 2.24) is 14.9 Å². The molecule has 0 aromatic carbocycles. The van der Waals surface area contributed by atoms with Crippen LogP contribution in [-0.4, -0.2) is 47.6 Å². The number of thiazole rings is 2. The van der Waals surface area contributed by atoms with Gasteiger partial charge in [-0.1, -0.05) is 6.92 Å². The molecule has 0 atom stereocenters. The van der Waals surface area contributed by atoms with Crippen LogP contribution in [0.25, 0.3) is 11.4 Å². The molecule has 0 bridgehead atoms. The Kier molecular flexibility index (Phi) is 3.67. The average molecular weight is 295 g/mol. The lowest BCUT2D eigenvalue weighted by atomic mass is 10.3. The average Bonchev–Trinajstić information content (AvgIpc) is 3.07. The molecule has 7 heteroatoms. The van der Waals surface area contributed by atoms with Crippen molar-refractivity contribution >= 4 is 32.9 Å². The van der Waals surface area contributed by atoms with Gasteiger partial charge < -0.3 is 15.5 Å². The van der Waals surface area contributed by atoms with Crippen molar-refractivity contribution in [2.45, 2.75) is 6.92 Å². The maximum Gasteiger partial charge on any atom is 0.186 e. The number of aromatic nitrogens is 2. The number of nitrogens with zero attached hydrogens (tertiary/aromatic N) is 4. The Labute approximate surface area is 120 Å². The van der Waals surface area contributed by atoms with Crippen molar-refractivity contribution < 1.29 is 0 Å². The maximum atomic E-state index is 5.66. The molecule has 0 unspecified atom stereocenters. The largest absolute Gasteiger partial charge is 0.375 e. The van der Waals surface area contributed by atoms with Crippen LogP contribution < -0.4 is 10.6 Å². The molecule has 3 heterocycles. The van der Waals surface area contributed by atoms with Crippen LogP contribution in [0, 0.1) is 0 Å². The van der Waals surface area contributed by atoms with Gasteiger partial charge in [0, 0.05) is 36.9 Å². The van der Waals surface area contributed by atoms with Crippen LogP contribution in [-0.2, 0) is 0 Å². The Bertz CT molecular complexity index is 542. The van der Waals surface area contributed by atoms with Crippen molar-refractivity contribution in [3.05, 3.63) is 10.8 Å². The minimum atomic E-state index is 0.598. The van der Waals surface area contributed by atoms with Crippen LogP contribution in [0.4, 0.5) is 10.3 Å². The topological polar surface area (TPSA) is 58.3 Å². The minimum absolute atomic E-state index is 0.598. The Morgan fingerprint density at radius 3 is 2.42 bits per heavy atom. The van der Waals surface area contributed by atoms with Crippen LogP contribution in [0.1, 0.15) is 6.92 Å². The first-order valence-corrected chi connectivity index (χ1v) is 8.16. The monoisotopic (exact) mass is 295 g/mol. The summed E-state index contributed by atoms with van der Waals surface area (Å²) in [6.07, 6.45) is 0. The second-order valence-corrected chi connectivity index (χ2v) is 6.23. The molecule has 1 aliphatic heterocycles. The molecular formula is C12H17N5S2. The van der Waals surface area contributed by atoms with Crippen LogP contribution in [0.3, 0.4) is 0 Å². The normalized spacial score (nSPS) is 17.0. The third kappa shape index (κ3) is 2.72. The fraction of sp³-hybridized carbons (Fsp3) is 0.500. The molecule has 2 aromatic heterocycles. The van der Waals surface area contributed by atoms with Gasteiger partial charge in [0.1, 0.15) is 11.4 Å². The standard InChI is InChI=1S/C12H17N5S2/c1-2-16-3-5-17(6-4-16)12-15-10(8-19-12)9-7-18-11(13)14-9/h7-8H,2-6H2,1H3,(H2,13,14). The Morgan fingerprint density at radius 1 is 1.11 bits per heavy atom. The molecule has 0 radical (unpaired) electrons. The first-order valence-electron chi connectivity index (χ1n) is 6.40. The molecular weight excluding hydrogens is 278 g/mol. The lowest BCUT2D eigenvalue weighted by Crippen LogP contribution is -2.46. The summed E-state index contributed by atoms with van der Waals surface area (Å²) in [5.74, 6) is 0. The third-order valence-electron chi connectivity index (χ3n) is 3.37. The van der Waals surface area contributed by atoms with Gasteiger partial charge in [0.25, 0.3) is 0 Å². The number of piperazine rings is 1. The van der Waals surface area contributed by atoms with Gasteiger partial charge in [-0.2, -0.15) is 0 Å². The van der Waals surface area contributed by atoms with E-state index in [9.17, 15) is 0 Å². The number of hydrogen-bond donors (Lipinski definition) is 1. The number of rotatable bonds is 3. The zero-order valence-electron chi connectivity index (χ0n) is 10.9. The number of anilines is 2. The van der Waals surface area contributed by atoms with Gasteiger partial charge in [-0.05, 0) is 6.54 Å². The Balaban J connectivity index is 1.72. The number of likely N-dealkylation sites (N-methyl/N-ethyl adjacent to an activating group) is 1. The van der Waals surface area contributed by atoms with Crippen LogP contribution in [0.15, 0.2) is 10.8 Å². The minimum Gasteiger partial charge on any atom is -0.375 e. The van der Waals surface area contributed by atoms with Gasteiger partial charge in [-0.15, -0.1) is 22.7 Å². The van der Waals surface area contributed by atoms with E-state index in [-0.39, 0.29) is 0 Å². The van der Waals surface area contributed by atoms with Gasteiger partial charge in [0.05, 0.1) is 0 Å². The van der Waals surface area contributed by atoms with E-state index in [1.807, 2.05) is 5.38 Å². The quantitative estimate of drug-likeness (QED) is 0.938. The molecule has 102 valence electrons. The van der Waals surface area contributed by atoms with Crippen LogP contribution in [0.5, 0.6) is 0 Å². The van der Waals surface area contributed by atoms with E-state index in [2.05, 4.69) is 32.1 Å². The highest BCUT2D eigenvalue weighted by atomic mass is 32.1.